The Morgan fingerprint density at radius 3 is 1.50 bits per heavy atom. The van der Waals surface area contributed by atoms with Crippen molar-refractivity contribution in [3.63, 3.8) is 0 Å². The molecule has 0 nitrogen and oxygen atoms in total. The van der Waals surface area contributed by atoms with Gasteiger partial charge in [-0.3, -0.25) is 0 Å². The van der Waals surface area contributed by atoms with E-state index in [4.69, 9.17) is 50.5 Å². The van der Waals surface area contributed by atoms with Crippen molar-refractivity contribution in [3.8, 4) is 0 Å². The van der Waals surface area contributed by atoms with Crippen molar-refractivity contribution in [3.05, 3.63) is 47.5 Å². The van der Waals surface area contributed by atoms with Gasteiger partial charge in [-0.1, -0.05) is 62.7 Å². The van der Waals surface area contributed by atoms with Crippen LogP contribution in [-0.4, -0.2) is 0 Å². The van der Waals surface area contributed by atoms with Crippen LogP contribution in [0.1, 0.15) is 31.9 Å². The SMILES string of the molecule is CC(C)(C)c1ccc([S-])c([S-])c1.Cc1ccc([S-])c([S-])c1.[Cu]. The van der Waals surface area contributed by atoms with Crippen LogP contribution in [0.5, 0.6) is 0 Å². The Labute approximate surface area is 167 Å². The summed E-state index contributed by atoms with van der Waals surface area (Å²) in [6.07, 6.45) is 0. The van der Waals surface area contributed by atoms with E-state index in [1.54, 1.807) is 0 Å². The van der Waals surface area contributed by atoms with E-state index in [1.807, 2.05) is 37.3 Å². The molecule has 0 aromatic heterocycles. The summed E-state index contributed by atoms with van der Waals surface area (Å²) in [4.78, 5) is 3.12. The first-order chi connectivity index (χ1) is 9.61. The van der Waals surface area contributed by atoms with Crippen molar-refractivity contribution >= 4 is 50.5 Å². The molecule has 0 bridgehead atoms. The molecule has 0 aliphatic heterocycles. The largest absolute Gasteiger partial charge is 0.781 e. The zero-order valence-corrected chi connectivity index (χ0v) is 17.1. The van der Waals surface area contributed by atoms with E-state index in [0.717, 1.165) is 19.6 Å². The van der Waals surface area contributed by atoms with Gasteiger partial charge < -0.3 is 50.5 Å². The van der Waals surface area contributed by atoms with Gasteiger partial charge in [-0.25, -0.2) is 0 Å². The quantitative estimate of drug-likeness (QED) is 0.457. The van der Waals surface area contributed by atoms with Gasteiger partial charge in [-0.2, -0.15) is 19.6 Å². The molecular formula is C17H18CuS4-4. The Morgan fingerprint density at radius 1 is 0.682 bits per heavy atom. The van der Waals surface area contributed by atoms with Gasteiger partial charge in [-0.15, -0.1) is 0 Å². The van der Waals surface area contributed by atoms with Crippen molar-refractivity contribution in [1.82, 2.24) is 0 Å². The van der Waals surface area contributed by atoms with Gasteiger partial charge in [0.1, 0.15) is 0 Å². The van der Waals surface area contributed by atoms with Crippen molar-refractivity contribution < 1.29 is 17.1 Å². The van der Waals surface area contributed by atoms with Gasteiger partial charge in [0.15, 0.2) is 0 Å². The summed E-state index contributed by atoms with van der Waals surface area (Å²) in [6.45, 7) is 8.50. The molecule has 0 aliphatic rings. The Balaban J connectivity index is 0.000000397. The maximum atomic E-state index is 5.11. The first kappa shape index (κ1) is 21.8. The van der Waals surface area contributed by atoms with E-state index >= 15 is 0 Å². The predicted octanol–water partition coefficient (Wildman–Crippen LogP) is 4.60. The minimum absolute atomic E-state index is 0. The molecule has 125 valence electrons. The predicted molar refractivity (Wildman–Crippen MR) is 98.8 cm³/mol. The van der Waals surface area contributed by atoms with Crippen LogP contribution in [0.2, 0.25) is 0 Å². The molecule has 0 heterocycles. The molecular weight excluding hydrogens is 396 g/mol. The number of hydrogen-bond donors (Lipinski definition) is 0. The molecule has 2 aromatic carbocycles. The van der Waals surface area contributed by atoms with E-state index in [1.165, 1.54) is 11.1 Å². The summed E-state index contributed by atoms with van der Waals surface area (Å²) in [5.74, 6) is 0. The fourth-order valence-corrected chi connectivity index (χ4v) is 2.29. The second-order valence-corrected chi connectivity index (χ2v) is 7.62. The van der Waals surface area contributed by atoms with Crippen LogP contribution in [0.4, 0.5) is 0 Å². The van der Waals surface area contributed by atoms with Crippen LogP contribution < -0.4 is 0 Å². The molecule has 5 heteroatoms. The third kappa shape index (κ3) is 6.95. The summed E-state index contributed by atoms with van der Waals surface area (Å²) < 4.78 is 0. The zero-order chi connectivity index (χ0) is 16.2. The van der Waals surface area contributed by atoms with Crippen molar-refractivity contribution in [1.29, 1.82) is 0 Å². The zero-order valence-electron chi connectivity index (χ0n) is 12.9. The topological polar surface area (TPSA) is 0 Å². The Kier molecular flexibility index (Phi) is 9.15. The van der Waals surface area contributed by atoms with Crippen LogP contribution in [0.15, 0.2) is 56.0 Å². The van der Waals surface area contributed by atoms with Crippen molar-refractivity contribution in [2.45, 2.75) is 52.7 Å². The average Bonchev–Trinajstić information content (AvgIpc) is 2.37. The Hall–Kier alpha value is -0.161. The minimum atomic E-state index is 0. The molecule has 0 saturated carbocycles. The first-order valence-electron chi connectivity index (χ1n) is 6.54. The third-order valence-corrected chi connectivity index (χ3v) is 4.55. The number of benzene rings is 2. The van der Waals surface area contributed by atoms with Crippen LogP contribution in [0.25, 0.3) is 0 Å². The molecule has 0 atom stereocenters. The average molecular weight is 414 g/mol. The maximum absolute atomic E-state index is 5.11. The van der Waals surface area contributed by atoms with Crippen LogP contribution in [-0.2, 0) is 73.0 Å². The maximum Gasteiger partial charge on any atom is 0 e. The second kappa shape index (κ2) is 9.21. The molecule has 0 amide bonds. The van der Waals surface area contributed by atoms with Crippen LogP contribution in [0.3, 0.4) is 0 Å². The molecule has 0 saturated heterocycles. The van der Waals surface area contributed by atoms with Gasteiger partial charge in [0.05, 0.1) is 0 Å². The van der Waals surface area contributed by atoms with Gasteiger partial charge >= 0.3 is 0 Å². The Morgan fingerprint density at radius 2 is 1.14 bits per heavy atom. The molecule has 2 rings (SSSR count). The summed E-state index contributed by atoms with van der Waals surface area (Å²) in [5, 5.41) is 0. The molecule has 0 N–H and O–H groups in total. The third-order valence-electron chi connectivity index (χ3n) is 2.91. The molecule has 0 fully saturated rings. The summed E-state index contributed by atoms with van der Waals surface area (Å²) >= 11 is 20.0. The molecule has 0 spiro atoms. The van der Waals surface area contributed by atoms with E-state index in [-0.39, 0.29) is 22.5 Å². The number of hydrogen-bond acceptors (Lipinski definition) is 4. The van der Waals surface area contributed by atoms with Gasteiger partial charge in [0.2, 0.25) is 0 Å². The Bertz CT molecular complexity index is 619. The van der Waals surface area contributed by atoms with Gasteiger partial charge in [0, 0.05) is 17.1 Å². The summed E-state index contributed by atoms with van der Waals surface area (Å²) in [5.41, 5.74) is 2.59. The van der Waals surface area contributed by atoms with E-state index in [9.17, 15) is 0 Å². The summed E-state index contributed by atoms with van der Waals surface area (Å²) in [7, 11) is 0. The van der Waals surface area contributed by atoms with E-state index in [0.29, 0.717) is 0 Å². The van der Waals surface area contributed by atoms with Crippen LogP contribution >= 0.6 is 0 Å². The molecule has 1 radical (unpaired) electrons. The molecule has 22 heavy (non-hydrogen) atoms. The fourth-order valence-electron chi connectivity index (χ4n) is 1.59. The number of aryl methyl sites for hydroxylation is 1. The van der Waals surface area contributed by atoms with Gasteiger partial charge in [-0.05, 0) is 17.9 Å². The molecule has 0 aliphatic carbocycles. The van der Waals surface area contributed by atoms with Crippen molar-refractivity contribution in [2.24, 2.45) is 0 Å². The van der Waals surface area contributed by atoms with Crippen LogP contribution in [0, 0.1) is 6.92 Å². The number of rotatable bonds is 0. The fraction of sp³-hybridized carbons (Fsp3) is 0.294. The second-order valence-electron chi connectivity index (χ2n) is 5.86. The molecule has 0 unspecified atom stereocenters. The van der Waals surface area contributed by atoms with E-state index in [2.05, 4.69) is 26.8 Å². The van der Waals surface area contributed by atoms with E-state index < -0.39 is 0 Å². The van der Waals surface area contributed by atoms with Gasteiger partial charge in [0.25, 0.3) is 0 Å². The standard InChI is InChI=1S/C10H14S2.C7H8S2.Cu/c1-10(2,3)7-4-5-8(11)9(12)6-7;1-5-2-3-6(8)7(9)4-5;/h4-6,11-12H,1-3H3;2-4,8-9H,1H3;/p-4. The minimum Gasteiger partial charge on any atom is -0.781 e. The summed E-state index contributed by atoms with van der Waals surface area (Å²) in [6, 6.07) is 11.7. The van der Waals surface area contributed by atoms with Crippen molar-refractivity contribution in [2.75, 3.05) is 0 Å². The normalized spacial score (nSPS) is 10.2. The first-order valence-corrected chi connectivity index (χ1v) is 8.18. The smallest absolute Gasteiger partial charge is 0 e. The monoisotopic (exact) mass is 413 g/mol. The molecule has 2 aromatic rings.